The molecule has 0 radical (unpaired) electrons. The van der Waals surface area contributed by atoms with Gasteiger partial charge in [-0.05, 0) is 37.8 Å². The van der Waals surface area contributed by atoms with Gasteiger partial charge in [-0.15, -0.1) is 0 Å². The van der Waals surface area contributed by atoms with Gasteiger partial charge in [0.25, 0.3) is 5.91 Å². The quantitative estimate of drug-likeness (QED) is 0.838. The minimum absolute atomic E-state index is 0.000487. The average molecular weight is 370 g/mol. The van der Waals surface area contributed by atoms with Crippen LogP contribution in [0, 0.1) is 5.82 Å². The van der Waals surface area contributed by atoms with Crippen molar-refractivity contribution < 1.29 is 22.7 Å². The number of carbonyl (C=O) groups excluding carboxylic acids is 1. The lowest BCUT2D eigenvalue weighted by molar-refractivity contribution is 0.0882. The van der Waals surface area contributed by atoms with Crippen molar-refractivity contribution in [1.82, 2.24) is 10.2 Å². The molecule has 0 unspecified atom stereocenters. The van der Waals surface area contributed by atoms with Crippen LogP contribution in [0.15, 0.2) is 18.2 Å². The second-order valence-electron chi connectivity index (χ2n) is 6.83. The molecular formula is C17H23FN2O4S. The maximum Gasteiger partial charge on any atom is 0.255 e. The summed E-state index contributed by atoms with van der Waals surface area (Å²) in [5.41, 5.74) is 0.0707. The van der Waals surface area contributed by atoms with Gasteiger partial charge in [0, 0.05) is 31.2 Å². The highest BCUT2D eigenvalue weighted by molar-refractivity contribution is 7.91. The molecule has 2 saturated heterocycles. The fraction of sp³-hybridized carbons (Fsp3) is 0.588. The van der Waals surface area contributed by atoms with Crippen molar-refractivity contribution in [1.29, 1.82) is 0 Å². The fourth-order valence-corrected chi connectivity index (χ4v) is 5.08. The summed E-state index contributed by atoms with van der Waals surface area (Å²) >= 11 is 0. The van der Waals surface area contributed by atoms with E-state index < -0.39 is 21.6 Å². The molecule has 0 atom stereocenters. The lowest BCUT2D eigenvalue weighted by Gasteiger charge is -2.39. The predicted octanol–water partition coefficient (Wildman–Crippen LogP) is 1.30. The van der Waals surface area contributed by atoms with Gasteiger partial charge in [0.2, 0.25) is 0 Å². The Morgan fingerprint density at radius 2 is 1.80 bits per heavy atom. The van der Waals surface area contributed by atoms with Crippen LogP contribution in [-0.2, 0) is 9.84 Å². The first kappa shape index (κ1) is 18.1. The summed E-state index contributed by atoms with van der Waals surface area (Å²) in [6, 6.07) is 3.66. The number of rotatable bonds is 3. The van der Waals surface area contributed by atoms with Crippen LogP contribution in [0.5, 0.6) is 5.75 Å². The molecule has 1 aromatic carbocycles. The van der Waals surface area contributed by atoms with Crippen LogP contribution in [0.25, 0.3) is 0 Å². The van der Waals surface area contributed by atoms with Crippen molar-refractivity contribution in [2.45, 2.75) is 37.8 Å². The number of likely N-dealkylation sites (tertiary alicyclic amines) is 1. The summed E-state index contributed by atoms with van der Waals surface area (Å²) < 4.78 is 36.1. The Labute approximate surface area is 146 Å². The van der Waals surface area contributed by atoms with Crippen LogP contribution in [0.1, 0.15) is 36.0 Å². The molecule has 3 rings (SSSR count). The first-order chi connectivity index (χ1) is 11.8. The number of amides is 1. The van der Waals surface area contributed by atoms with Crippen LogP contribution in [-0.4, -0.2) is 61.0 Å². The summed E-state index contributed by atoms with van der Waals surface area (Å²) in [6.07, 6.45) is 2.92. The SMILES string of the molecule is O=C(NC1CCN(C2CCS(=O)(=O)CC2)CC1)c1ccc(F)cc1O. The van der Waals surface area contributed by atoms with Crippen molar-refractivity contribution in [3.05, 3.63) is 29.6 Å². The molecule has 0 spiro atoms. The lowest BCUT2D eigenvalue weighted by Crippen LogP contribution is -2.49. The number of nitrogens with one attached hydrogen (secondary N) is 1. The molecule has 2 aliphatic heterocycles. The van der Waals surface area contributed by atoms with Crippen LogP contribution >= 0.6 is 0 Å². The van der Waals surface area contributed by atoms with Gasteiger partial charge < -0.3 is 15.3 Å². The van der Waals surface area contributed by atoms with Gasteiger partial charge in [0.15, 0.2) is 0 Å². The number of nitrogens with zero attached hydrogens (tertiary/aromatic N) is 1. The second-order valence-corrected chi connectivity index (χ2v) is 9.13. The first-order valence-electron chi connectivity index (χ1n) is 8.58. The predicted molar refractivity (Wildman–Crippen MR) is 91.8 cm³/mol. The summed E-state index contributed by atoms with van der Waals surface area (Å²) in [5.74, 6) is -0.828. The smallest absolute Gasteiger partial charge is 0.255 e. The number of hydrogen-bond donors (Lipinski definition) is 2. The van der Waals surface area contributed by atoms with E-state index in [0.717, 1.165) is 38.1 Å². The number of benzene rings is 1. The highest BCUT2D eigenvalue weighted by atomic mass is 32.2. The van der Waals surface area contributed by atoms with Crippen molar-refractivity contribution >= 4 is 15.7 Å². The largest absolute Gasteiger partial charge is 0.507 e. The van der Waals surface area contributed by atoms with Gasteiger partial charge in [0.1, 0.15) is 21.4 Å². The summed E-state index contributed by atoms with van der Waals surface area (Å²) in [6.45, 7) is 1.62. The van der Waals surface area contributed by atoms with Crippen LogP contribution in [0.2, 0.25) is 0 Å². The van der Waals surface area contributed by atoms with E-state index in [1.165, 1.54) is 6.07 Å². The minimum atomic E-state index is -2.85. The van der Waals surface area contributed by atoms with Gasteiger partial charge in [-0.1, -0.05) is 0 Å². The number of phenols is 1. The number of piperidine rings is 1. The zero-order valence-corrected chi connectivity index (χ0v) is 14.8. The normalized spacial score (nSPS) is 22.6. The second kappa shape index (κ2) is 7.29. The Balaban J connectivity index is 1.50. The number of phenolic OH excluding ortho intramolecular Hbond substituents is 1. The van der Waals surface area contributed by atoms with E-state index in [4.69, 9.17) is 0 Å². The number of aromatic hydroxyl groups is 1. The first-order valence-corrected chi connectivity index (χ1v) is 10.4. The number of sulfone groups is 1. The summed E-state index contributed by atoms with van der Waals surface area (Å²) in [4.78, 5) is 14.5. The maximum absolute atomic E-state index is 13.0. The highest BCUT2D eigenvalue weighted by Gasteiger charge is 2.31. The van der Waals surface area contributed by atoms with E-state index in [1.807, 2.05) is 0 Å². The standard InChI is InChI=1S/C17H23FN2O4S/c18-12-1-2-15(16(21)11-12)17(22)19-13-3-7-20(8-4-13)14-5-9-25(23,24)10-6-14/h1-2,11,13-14,21H,3-10H2,(H,19,22). The average Bonchev–Trinajstić information content (AvgIpc) is 2.55. The Hall–Kier alpha value is -1.67. The zero-order valence-electron chi connectivity index (χ0n) is 13.9. The fourth-order valence-electron chi connectivity index (χ4n) is 3.61. The minimum Gasteiger partial charge on any atom is -0.507 e. The molecule has 25 heavy (non-hydrogen) atoms. The van der Waals surface area contributed by atoms with Gasteiger partial charge >= 0.3 is 0 Å². The molecule has 8 heteroatoms. The third-order valence-electron chi connectivity index (χ3n) is 5.11. The molecule has 1 aromatic rings. The zero-order chi connectivity index (χ0) is 18.0. The van der Waals surface area contributed by atoms with Crippen LogP contribution < -0.4 is 5.32 Å². The molecule has 2 fully saturated rings. The van der Waals surface area contributed by atoms with Gasteiger partial charge in [-0.3, -0.25) is 4.79 Å². The molecule has 0 aromatic heterocycles. The van der Waals surface area contributed by atoms with E-state index >= 15 is 0 Å². The van der Waals surface area contributed by atoms with Crippen molar-refractivity contribution in [2.75, 3.05) is 24.6 Å². The molecular weight excluding hydrogens is 347 g/mol. The molecule has 0 bridgehead atoms. The van der Waals surface area contributed by atoms with E-state index in [9.17, 15) is 22.7 Å². The van der Waals surface area contributed by atoms with E-state index in [1.54, 1.807) is 0 Å². The third kappa shape index (κ3) is 4.49. The Morgan fingerprint density at radius 3 is 2.40 bits per heavy atom. The topological polar surface area (TPSA) is 86.7 Å². The van der Waals surface area contributed by atoms with E-state index in [0.29, 0.717) is 18.9 Å². The van der Waals surface area contributed by atoms with E-state index in [-0.39, 0.29) is 28.9 Å². The van der Waals surface area contributed by atoms with Crippen LogP contribution in [0.4, 0.5) is 4.39 Å². The Morgan fingerprint density at radius 1 is 1.16 bits per heavy atom. The number of hydrogen-bond acceptors (Lipinski definition) is 5. The van der Waals surface area contributed by atoms with Gasteiger partial charge in [-0.25, -0.2) is 12.8 Å². The highest BCUT2D eigenvalue weighted by Crippen LogP contribution is 2.23. The summed E-state index contributed by atoms with van der Waals surface area (Å²) in [7, 11) is -2.85. The van der Waals surface area contributed by atoms with Crippen molar-refractivity contribution in [3.63, 3.8) is 0 Å². The molecule has 0 aliphatic carbocycles. The molecule has 2 aliphatic rings. The number of carbonyl (C=O) groups is 1. The Bertz CT molecular complexity index is 731. The monoisotopic (exact) mass is 370 g/mol. The molecule has 138 valence electrons. The van der Waals surface area contributed by atoms with Crippen molar-refractivity contribution in [3.8, 4) is 5.75 Å². The molecule has 2 N–H and O–H groups in total. The van der Waals surface area contributed by atoms with Crippen molar-refractivity contribution in [2.24, 2.45) is 0 Å². The third-order valence-corrected chi connectivity index (χ3v) is 6.83. The lowest BCUT2D eigenvalue weighted by atomic mass is 10.0. The molecule has 2 heterocycles. The van der Waals surface area contributed by atoms with Crippen LogP contribution in [0.3, 0.4) is 0 Å². The maximum atomic E-state index is 13.0. The van der Waals surface area contributed by atoms with E-state index in [2.05, 4.69) is 10.2 Å². The summed E-state index contributed by atoms with van der Waals surface area (Å²) in [5, 5.41) is 12.6. The molecule has 6 nitrogen and oxygen atoms in total. The Kier molecular flexibility index (Phi) is 5.29. The molecule has 1 amide bonds. The van der Waals surface area contributed by atoms with Gasteiger partial charge in [-0.2, -0.15) is 0 Å². The van der Waals surface area contributed by atoms with Gasteiger partial charge in [0.05, 0.1) is 17.1 Å². The number of halogens is 1. The molecule has 0 saturated carbocycles.